The first-order valence-electron chi connectivity index (χ1n) is 6.41. The Hall–Kier alpha value is -2.82. The molecular weight excluding hydrogens is 268 g/mol. The molecule has 0 heterocycles. The van der Waals surface area contributed by atoms with E-state index in [9.17, 15) is 9.59 Å². The lowest BCUT2D eigenvalue weighted by molar-refractivity contribution is -0.120. The van der Waals surface area contributed by atoms with Gasteiger partial charge in [-0.1, -0.05) is 30.3 Å². The van der Waals surface area contributed by atoms with Crippen molar-refractivity contribution in [2.45, 2.75) is 6.04 Å². The number of primary amides is 1. The second-order valence-corrected chi connectivity index (χ2v) is 4.45. The molecule has 0 aliphatic heterocycles. The van der Waals surface area contributed by atoms with E-state index < -0.39 is 11.9 Å². The van der Waals surface area contributed by atoms with Crippen LogP contribution in [-0.2, 0) is 4.79 Å². The number of nitrogens with one attached hydrogen (secondary N) is 1. The minimum absolute atomic E-state index is 0.370. The number of carbonyl (C=O) groups excluding carboxylic acids is 2. The van der Waals surface area contributed by atoms with Crippen molar-refractivity contribution in [3.8, 4) is 5.75 Å². The standard InChI is InChI=1S/C16H16N2O3/c1-21-13-9-7-12(8-10-13)16(20)18-14(15(17)19)11-5-3-2-4-6-11/h2-10,14H,1H3,(H2,17,19)(H,18,20)/t14-/m1/s1. The summed E-state index contributed by atoms with van der Waals surface area (Å²) in [5.41, 5.74) is 6.44. The lowest BCUT2D eigenvalue weighted by atomic mass is 10.1. The normalized spacial score (nSPS) is 11.5. The molecule has 0 spiro atoms. The molecule has 0 aromatic heterocycles. The van der Waals surface area contributed by atoms with Gasteiger partial charge in [0.2, 0.25) is 5.91 Å². The van der Waals surface area contributed by atoms with Crippen LogP contribution in [-0.4, -0.2) is 18.9 Å². The number of ether oxygens (including phenoxy) is 1. The molecule has 0 aliphatic rings. The highest BCUT2D eigenvalue weighted by Crippen LogP contribution is 2.15. The van der Waals surface area contributed by atoms with Crippen molar-refractivity contribution < 1.29 is 14.3 Å². The highest BCUT2D eigenvalue weighted by Gasteiger charge is 2.20. The molecule has 2 aromatic carbocycles. The molecule has 0 unspecified atom stereocenters. The molecule has 2 rings (SSSR count). The van der Waals surface area contributed by atoms with Gasteiger partial charge in [0.15, 0.2) is 0 Å². The van der Waals surface area contributed by atoms with Gasteiger partial charge in [0.1, 0.15) is 11.8 Å². The lowest BCUT2D eigenvalue weighted by Gasteiger charge is -2.16. The molecule has 1 atom stereocenters. The predicted octanol–water partition coefficient (Wildman–Crippen LogP) is 1.65. The van der Waals surface area contributed by atoms with E-state index in [0.29, 0.717) is 16.9 Å². The minimum Gasteiger partial charge on any atom is -0.497 e. The molecule has 0 radical (unpaired) electrons. The smallest absolute Gasteiger partial charge is 0.252 e. The average Bonchev–Trinajstić information content (AvgIpc) is 2.53. The molecular formula is C16H16N2O3. The van der Waals surface area contributed by atoms with E-state index in [1.807, 2.05) is 6.07 Å². The van der Waals surface area contributed by atoms with Crippen molar-refractivity contribution in [1.29, 1.82) is 0 Å². The minimum atomic E-state index is -0.860. The fraction of sp³-hybridized carbons (Fsp3) is 0.125. The Bertz CT molecular complexity index is 624. The molecule has 2 aromatic rings. The van der Waals surface area contributed by atoms with Crippen molar-refractivity contribution >= 4 is 11.8 Å². The third-order valence-corrected chi connectivity index (χ3v) is 3.05. The highest BCUT2D eigenvalue weighted by atomic mass is 16.5. The van der Waals surface area contributed by atoms with Crippen molar-refractivity contribution in [3.63, 3.8) is 0 Å². The molecule has 5 heteroatoms. The van der Waals surface area contributed by atoms with E-state index in [-0.39, 0.29) is 5.91 Å². The highest BCUT2D eigenvalue weighted by molar-refractivity contribution is 5.97. The molecule has 0 bridgehead atoms. The van der Waals surface area contributed by atoms with Gasteiger partial charge in [-0.3, -0.25) is 9.59 Å². The van der Waals surface area contributed by atoms with Crippen LogP contribution in [0.2, 0.25) is 0 Å². The molecule has 21 heavy (non-hydrogen) atoms. The number of nitrogens with two attached hydrogens (primary N) is 1. The first kappa shape index (κ1) is 14.6. The zero-order valence-corrected chi connectivity index (χ0v) is 11.6. The SMILES string of the molecule is COc1ccc(C(=O)N[C@@H](C(N)=O)c2ccccc2)cc1. The first-order chi connectivity index (χ1) is 10.1. The van der Waals surface area contributed by atoms with Crippen LogP contribution in [0.5, 0.6) is 5.75 Å². The van der Waals surface area contributed by atoms with Crippen LogP contribution in [0.25, 0.3) is 0 Å². The third-order valence-electron chi connectivity index (χ3n) is 3.05. The summed E-state index contributed by atoms with van der Waals surface area (Å²) in [6.45, 7) is 0. The van der Waals surface area contributed by atoms with Gasteiger partial charge in [-0.2, -0.15) is 0 Å². The quantitative estimate of drug-likeness (QED) is 0.876. The Kier molecular flexibility index (Phi) is 4.56. The molecule has 0 aliphatic carbocycles. The Labute approximate surface area is 122 Å². The number of carbonyl (C=O) groups is 2. The van der Waals surface area contributed by atoms with Crippen molar-refractivity contribution in [2.75, 3.05) is 7.11 Å². The third kappa shape index (κ3) is 3.60. The maximum atomic E-state index is 12.2. The van der Waals surface area contributed by atoms with Crippen LogP contribution >= 0.6 is 0 Å². The van der Waals surface area contributed by atoms with Crippen LogP contribution in [0.3, 0.4) is 0 Å². The maximum Gasteiger partial charge on any atom is 0.252 e. The van der Waals surface area contributed by atoms with Gasteiger partial charge in [-0.05, 0) is 29.8 Å². The Balaban J connectivity index is 2.16. The predicted molar refractivity (Wildman–Crippen MR) is 78.8 cm³/mol. The van der Waals surface area contributed by atoms with Crippen LogP contribution in [0.4, 0.5) is 0 Å². The Morgan fingerprint density at radius 3 is 2.19 bits per heavy atom. The summed E-state index contributed by atoms with van der Waals surface area (Å²) in [7, 11) is 1.55. The largest absolute Gasteiger partial charge is 0.497 e. The van der Waals surface area contributed by atoms with E-state index in [2.05, 4.69) is 5.32 Å². The van der Waals surface area contributed by atoms with Crippen LogP contribution < -0.4 is 15.8 Å². The summed E-state index contributed by atoms with van der Waals surface area (Å²) >= 11 is 0. The maximum absolute atomic E-state index is 12.2. The second-order valence-electron chi connectivity index (χ2n) is 4.45. The molecule has 5 nitrogen and oxygen atoms in total. The molecule has 0 saturated heterocycles. The van der Waals surface area contributed by atoms with Crippen LogP contribution in [0.1, 0.15) is 22.0 Å². The summed E-state index contributed by atoms with van der Waals surface area (Å²) in [4.78, 5) is 23.7. The topological polar surface area (TPSA) is 81.4 Å². The van der Waals surface area contributed by atoms with Gasteiger partial charge in [0.25, 0.3) is 5.91 Å². The van der Waals surface area contributed by atoms with Crippen molar-refractivity contribution in [3.05, 3.63) is 65.7 Å². The summed E-state index contributed by atoms with van der Waals surface area (Å²) in [5, 5.41) is 2.63. The first-order valence-corrected chi connectivity index (χ1v) is 6.41. The summed E-state index contributed by atoms with van der Waals surface area (Å²) < 4.78 is 5.03. The van der Waals surface area contributed by atoms with Crippen molar-refractivity contribution in [1.82, 2.24) is 5.32 Å². The monoisotopic (exact) mass is 284 g/mol. The summed E-state index contributed by atoms with van der Waals surface area (Å²) in [6.07, 6.45) is 0. The number of amides is 2. The van der Waals surface area contributed by atoms with Crippen LogP contribution in [0.15, 0.2) is 54.6 Å². The number of rotatable bonds is 5. The number of hydrogen-bond acceptors (Lipinski definition) is 3. The Morgan fingerprint density at radius 1 is 1.05 bits per heavy atom. The lowest BCUT2D eigenvalue weighted by Crippen LogP contribution is -2.37. The Morgan fingerprint density at radius 2 is 1.67 bits per heavy atom. The van der Waals surface area contributed by atoms with E-state index in [1.54, 1.807) is 55.6 Å². The van der Waals surface area contributed by atoms with Crippen molar-refractivity contribution in [2.24, 2.45) is 5.73 Å². The van der Waals surface area contributed by atoms with E-state index in [4.69, 9.17) is 10.5 Å². The fourth-order valence-electron chi connectivity index (χ4n) is 1.92. The number of benzene rings is 2. The van der Waals surface area contributed by atoms with E-state index in [1.165, 1.54) is 0 Å². The van der Waals surface area contributed by atoms with E-state index in [0.717, 1.165) is 0 Å². The number of methoxy groups -OCH3 is 1. The molecule has 2 amide bonds. The van der Waals surface area contributed by atoms with E-state index >= 15 is 0 Å². The van der Waals surface area contributed by atoms with Gasteiger partial charge in [0.05, 0.1) is 7.11 Å². The summed E-state index contributed by atoms with van der Waals surface area (Å²) in [5.74, 6) is -0.325. The molecule has 0 saturated carbocycles. The van der Waals surface area contributed by atoms with Gasteiger partial charge in [0, 0.05) is 5.56 Å². The van der Waals surface area contributed by atoms with Gasteiger partial charge in [-0.25, -0.2) is 0 Å². The zero-order valence-electron chi connectivity index (χ0n) is 11.6. The van der Waals surface area contributed by atoms with Gasteiger partial charge in [-0.15, -0.1) is 0 Å². The van der Waals surface area contributed by atoms with Gasteiger partial charge >= 0.3 is 0 Å². The molecule has 108 valence electrons. The fourth-order valence-corrected chi connectivity index (χ4v) is 1.92. The average molecular weight is 284 g/mol. The molecule has 0 fully saturated rings. The van der Waals surface area contributed by atoms with Gasteiger partial charge < -0.3 is 15.8 Å². The zero-order chi connectivity index (χ0) is 15.2. The molecule has 3 N–H and O–H groups in total. The van der Waals surface area contributed by atoms with Crippen LogP contribution in [0, 0.1) is 0 Å². The summed E-state index contributed by atoms with van der Waals surface area (Å²) in [6, 6.07) is 14.6. The second kappa shape index (κ2) is 6.56. The number of hydrogen-bond donors (Lipinski definition) is 2.